The van der Waals surface area contributed by atoms with Crippen LogP contribution in [0.15, 0.2) is 29.5 Å². The number of hydrogen-bond acceptors (Lipinski definition) is 4. The summed E-state index contributed by atoms with van der Waals surface area (Å²) >= 11 is 1.58. The molecule has 128 valence electrons. The summed E-state index contributed by atoms with van der Waals surface area (Å²) in [5.74, 6) is -1.93. The average Bonchev–Trinajstić information content (AvgIpc) is 3.24. The third kappa shape index (κ3) is 2.73. The first-order valence-corrected chi connectivity index (χ1v) is 8.84. The van der Waals surface area contributed by atoms with Gasteiger partial charge in [0, 0.05) is 32.6 Å². The largest absolute Gasteiger partial charge is 0.481 e. The van der Waals surface area contributed by atoms with E-state index in [2.05, 4.69) is 6.58 Å². The van der Waals surface area contributed by atoms with Gasteiger partial charge in [-0.15, -0.1) is 6.58 Å². The van der Waals surface area contributed by atoms with Gasteiger partial charge < -0.3 is 14.9 Å². The molecule has 3 heterocycles. The number of carboxylic acids is 1. The van der Waals surface area contributed by atoms with E-state index in [1.807, 2.05) is 16.8 Å². The molecule has 7 heteroatoms. The Kier molecular flexibility index (Phi) is 4.45. The highest BCUT2D eigenvalue weighted by Gasteiger charge is 2.62. The minimum atomic E-state index is -1.18. The Morgan fingerprint density at radius 2 is 2.25 bits per heavy atom. The molecule has 3 rings (SSSR count). The molecule has 2 amide bonds. The highest BCUT2D eigenvalue weighted by molar-refractivity contribution is 7.07. The Labute approximate surface area is 144 Å². The number of carboxylic acid groups (broad SMARTS) is 1. The standard InChI is InChI=1S/C17H20N2O4S/c1-2-6-18-10-17(16(22)23)11-19(8-13(17)15(18)21)14(20)4-3-12-5-7-24-9-12/h2,5,7,9,13H,1,3-4,6,8,10-11H2,(H,22,23)/t13-,17+/m0/s1. The maximum Gasteiger partial charge on any atom is 0.314 e. The van der Waals surface area contributed by atoms with Crippen LogP contribution < -0.4 is 0 Å². The van der Waals surface area contributed by atoms with Crippen molar-refractivity contribution in [1.29, 1.82) is 0 Å². The second-order valence-electron chi connectivity index (χ2n) is 6.43. The van der Waals surface area contributed by atoms with E-state index in [1.54, 1.807) is 22.3 Å². The molecule has 1 N–H and O–H groups in total. The normalized spacial score (nSPS) is 25.8. The lowest BCUT2D eigenvalue weighted by Gasteiger charge is -2.24. The molecule has 0 spiro atoms. The zero-order chi connectivity index (χ0) is 17.3. The molecular weight excluding hydrogens is 328 g/mol. The number of fused-ring (bicyclic) bond motifs is 1. The van der Waals surface area contributed by atoms with Crippen LogP contribution in [0, 0.1) is 11.3 Å². The first-order valence-electron chi connectivity index (χ1n) is 7.90. The van der Waals surface area contributed by atoms with Gasteiger partial charge >= 0.3 is 5.97 Å². The molecule has 0 bridgehead atoms. The van der Waals surface area contributed by atoms with Crippen molar-refractivity contribution in [3.63, 3.8) is 0 Å². The number of aliphatic carboxylic acids is 1. The number of amides is 2. The highest BCUT2D eigenvalue weighted by atomic mass is 32.1. The fourth-order valence-electron chi connectivity index (χ4n) is 3.65. The van der Waals surface area contributed by atoms with Crippen LogP contribution in [-0.4, -0.2) is 58.9 Å². The van der Waals surface area contributed by atoms with E-state index >= 15 is 0 Å². The maximum absolute atomic E-state index is 12.5. The molecule has 2 aliphatic rings. The summed E-state index contributed by atoms with van der Waals surface area (Å²) in [4.78, 5) is 39.9. The van der Waals surface area contributed by atoms with Gasteiger partial charge in [-0.05, 0) is 28.8 Å². The number of rotatable bonds is 6. The van der Waals surface area contributed by atoms with Crippen molar-refractivity contribution in [3.05, 3.63) is 35.0 Å². The molecule has 0 radical (unpaired) electrons. The van der Waals surface area contributed by atoms with Crippen LogP contribution >= 0.6 is 11.3 Å². The summed E-state index contributed by atoms with van der Waals surface area (Å²) in [7, 11) is 0. The Morgan fingerprint density at radius 1 is 1.46 bits per heavy atom. The van der Waals surface area contributed by atoms with Crippen molar-refractivity contribution in [2.75, 3.05) is 26.2 Å². The number of nitrogens with zero attached hydrogens (tertiary/aromatic N) is 2. The summed E-state index contributed by atoms with van der Waals surface area (Å²) in [6.45, 7) is 4.40. The molecule has 24 heavy (non-hydrogen) atoms. The second-order valence-corrected chi connectivity index (χ2v) is 7.21. The number of hydrogen-bond donors (Lipinski definition) is 1. The molecule has 1 aromatic heterocycles. The number of carbonyl (C=O) groups excluding carboxylic acids is 2. The molecule has 2 fully saturated rings. The van der Waals surface area contributed by atoms with Crippen molar-refractivity contribution in [3.8, 4) is 0 Å². The molecule has 0 aromatic carbocycles. The fraction of sp³-hybridized carbons (Fsp3) is 0.471. The Balaban J connectivity index is 1.70. The molecule has 1 aromatic rings. The van der Waals surface area contributed by atoms with Crippen molar-refractivity contribution in [1.82, 2.24) is 9.80 Å². The van der Waals surface area contributed by atoms with Gasteiger partial charge in [0.1, 0.15) is 5.41 Å². The van der Waals surface area contributed by atoms with Gasteiger partial charge in [0.25, 0.3) is 0 Å². The van der Waals surface area contributed by atoms with Crippen LogP contribution in [0.3, 0.4) is 0 Å². The molecule has 2 aliphatic heterocycles. The van der Waals surface area contributed by atoms with E-state index in [1.165, 1.54) is 4.90 Å². The maximum atomic E-state index is 12.5. The van der Waals surface area contributed by atoms with Crippen LogP contribution in [0.2, 0.25) is 0 Å². The lowest BCUT2D eigenvalue weighted by molar-refractivity contribution is -0.150. The lowest BCUT2D eigenvalue weighted by atomic mass is 9.81. The minimum Gasteiger partial charge on any atom is -0.481 e. The van der Waals surface area contributed by atoms with Gasteiger partial charge in [-0.2, -0.15) is 11.3 Å². The van der Waals surface area contributed by atoms with Crippen molar-refractivity contribution in [2.24, 2.45) is 11.3 Å². The van der Waals surface area contributed by atoms with Crippen LogP contribution in [0.4, 0.5) is 0 Å². The van der Waals surface area contributed by atoms with Crippen molar-refractivity contribution in [2.45, 2.75) is 12.8 Å². The smallest absolute Gasteiger partial charge is 0.314 e. The van der Waals surface area contributed by atoms with Crippen molar-refractivity contribution >= 4 is 29.1 Å². The second kappa shape index (κ2) is 6.39. The summed E-state index contributed by atoms with van der Waals surface area (Å²) < 4.78 is 0. The number of thiophene rings is 1. The predicted molar refractivity (Wildman–Crippen MR) is 89.6 cm³/mol. The third-order valence-corrected chi connectivity index (χ3v) is 5.69. The number of likely N-dealkylation sites (tertiary alicyclic amines) is 2. The molecule has 2 atom stereocenters. The summed E-state index contributed by atoms with van der Waals surface area (Å²) in [6.07, 6.45) is 2.57. The summed E-state index contributed by atoms with van der Waals surface area (Å²) in [6, 6.07) is 1.98. The first kappa shape index (κ1) is 16.7. The van der Waals surface area contributed by atoms with Crippen LogP contribution in [-0.2, 0) is 20.8 Å². The quantitative estimate of drug-likeness (QED) is 0.785. The molecule has 2 saturated heterocycles. The summed E-state index contributed by atoms with van der Waals surface area (Å²) in [5, 5.41) is 13.7. The van der Waals surface area contributed by atoms with E-state index in [0.29, 0.717) is 19.4 Å². The monoisotopic (exact) mass is 348 g/mol. The van der Waals surface area contributed by atoms with Gasteiger partial charge in [0.05, 0.1) is 5.92 Å². The minimum absolute atomic E-state index is 0.0840. The van der Waals surface area contributed by atoms with Crippen LogP contribution in [0.1, 0.15) is 12.0 Å². The third-order valence-electron chi connectivity index (χ3n) is 4.96. The van der Waals surface area contributed by atoms with Crippen molar-refractivity contribution < 1.29 is 19.5 Å². The molecule has 6 nitrogen and oxygen atoms in total. The van der Waals surface area contributed by atoms with Crippen LogP contribution in [0.25, 0.3) is 0 Å². The van der Waals surface area contributed by atoms with Gasteiger partial charge in [-0.1, -0.05) is 6.08 Å². The Morgan fingerprint density at radius 3 is 2.83 bits per heavy atom. The topological polar surface area (TPSA) is 77.9 Å². The molecular formula is C17H20N2O4S. The lowest BCUT2D eigenvalue weighted by Crippen LogP contribution is -2.42. The van der Waals surface area contributed by atoms with E-state index in [0.717, 1.165) is 5.56 Å². The van der Waals surface area contributed by atoms with Gasteiger partial charge in [0.15, 0.2) is 0 Å². The number of aryl methyl sites for hydroxylation is 1. The Bertz CT molecular complexity index is 672. The van der Waals surface area contributed by atoms with E-state index < -0.39 is 17.3 Å². The molecule has 0 unspecified atom stereocenters. The zero-order valence-electron chi connectivity index (χ0n) is 13.3. The van der Waals surface area contributed by atoms with E-state index in [4.69, 9.17) is 0 Å². The zero-order valence-corrected chi connectivity index (χ0v) is 14.1. The van der Waals surface area contributed by atoms with Gasteiger partial charge in [-0.25, -0.2) is 0 Å². The predicted octanol–water partition coefficient (Wildman–Crippen LogP) is 1.24. The van der Waals surface area contributed by atoms with Gasteiger partial charge in [0.2, 0.25) is 11.8 Å². The van der Waals surface area contributed by atoms with E-state index in [9.17, 15) is 19.5 Å². The van der Waals surface area contributed by atoms with Gasteiger partial charge in [-0.3, -0.25) is 14.4 Å². The molecule has 0 saturated carbocycles. The summed E-state index contributed by atoms with van der Waals surface area (Å²) in [5.41, 5.74) is -0.0769. The Hall–Kier alpha value is -2.15. The SMILES string of the molecule is C=CCN1C[C@@]2(C(=O)O)CN(C(=O)CCc3ccsc3)C[C@H]2C1=O. The average molecular weight is 348 g/mol. The highest BCUT2D eigenvalue weighted by Crippen LogP contribution is 2.43. The van der Waals surface area contributed by atoms with Crippen LogP contribution in [0.5, 0.6) is 0 Å². The number of carbonyl (C=O) groups is 3. The van der Waals surface area contributed by atoms with E-state index in [-0.39, 0.29) is 31.4 Å². The molecule has 0 aliphatic carbocycles. The first-order chi connectivity index (χ1) is 11.5. The fourth-order valence-corrected chi connectivity index (χ4v) is 4.36.